The highest BCUT2D eigenvalue weighted by atomic mass is 16.6. The fourth-order valence-corrected chi connectivity index (χ4v) is 7.20. The van der Waals surface area contributed by atoms with Crippen molar-refractivity contribution in [2.45, 2.75) is 56.5 Å². The van der Waals surface area contributed by atoms with Crippen LogP contribution in [0, 0.1) is 5.41 Å². The van der Waals surface area contributed by atoms with Gasteiger partial charge in [-0.2, -0.15) is 0 Å². The number of nitrogens with zero attached hydrogens (tertiary/aromatic N) is 2. The average Bonchev–Trinajstić information content (AvgIpc) is 3.09. The Morgan fingerprint density at radius 2 is 1.59 bits per heavy atom. The van der Waals surface area contributed by atoms with Crippen molar-refractivity contribution in [3.05, 3.63) is 94.3 Å². The molecule has 2 heterocycles. The van der Waals surface area contributed by atoms with E-state index < -0.39 is 22.9 Å². The van der Waals surface area contributed by atoms with Crippen LogP contribution < -0.4 is 25.7 Å². The Kier molecular flexibility index (Phi) is 8.71. The minimum absolute atomic E-state index is 0.297. The molecule has 2 aliphatic rings. The van der Waals surface area contributed by atoms with Crippen molar-refractivity contribution in [3.8, 4) is 11.5 Å². The molecular formula is C36H40N4O6. The molecular weight excluding hydrogens is 584 g/mol. The van der Waals surface area contributed by atoms with Gasteiger partial charge in [-0.05, 0) is 55.7 Å². The summed E-state index contributed by atoms with van der Waals surface area (Å²) in [6.45, 7) is 0.880. The molecule has 1 amide bonds. The van der Waals surface area contributed by atoms with Crippen LogP contribution in [0.2, 0.25) is 0 Å². The maximum Gasteiger partial charge on any atom is 0.313 e. The second-order valence-electron chi connectivity index (χ2n) is 12.4. The van der Waals surface area contributed by atoms with E-state index >= 15 is 0 Å². The first-order chi connectivity index (χ1) is 22.3. The van der Waals surface area contributed by atoms with Gasteiger partial charge in [0, 0.05) is 25.1 Å². The zero-order valence-electron chi connectivity index (χ0n) is 26.3. The number of fused-ring (bicyclic) bond motifs is 1. The molecule has 0 radical (unpaired) electrons. The molecule has 0 bridgehead atoms. The quantitative estimate of drug-likeness (QED) is 0.251. The molecule has 46 heavy (non-hydrogen) atoms. The third kappa shape index (κ3) is 5.79. The second kappa shape index (κ2) is 12.9. The number of nitrogens with two attached hydrogens (primary N) is 1. The lowest BCUT2D eigenvalue weighted by molar-refractivity contribution is -0.184. The van der Waals surface area contributed by atoms with E-state index in [1.54, 1.807) is 12.1 Å². The number of aromatic nitrogens is 2. The predicted molar refractivity (Wildman–Crippen MR) is 175 cm³/mol. The van der Waals surface area contributed by atoms with Crippen LogP contribution in [0.25, 0.3) is 10.9 Å². The van der Waals surface area contributed by atoms with Crippen LogP contribution in [0.15, 0.2) is 77.6 Å². The number of carbonyl (C=O) groups excluding carboxylic acids is 2. The van der Waals surface area contributed by atoms with Crippen LogP contribution in [-0.2, 0) is 20.7 Å². The first-order valence-corrected chi connectivity index (χ1v) is 15.8. The molecule has 1 saturated carbocycles. The van der Waals surface area contributed by atoms with E-state index in [2.05, 4.69) is 4.98 Å². The van der Waals surface area contributed by atoms with Gasteiger partial charge >= 0.3 is 5.97 Å². The fraction of sp³-hybridized carbons (Fsp3) is 0.389. The van der Waals surface area contributed by atoms with Crippen LogP contribution in [0.5, 0.6) is 11.5 Å². The summed E-state index contributed by atoms with van der Waals surface area (Å²) in [6.07, 6.45) is 4.07. The average molecular weight is 625 g/mol. The number of methoxy groups -OCH3 is 2. The molecule has 1 saturated heterocycles. The van der Waals surface area contributed by atoms with E-state index in [0.29, 0.717) is 73.5 Å². The second-order valence-corrected chi connectivity index (χ2v) is 12.4. The van der Waals surface area contributed by atoms with E-state index in [1.165, 1.54) is 14.2 Å². The van der Waals surface area contributed by atoms with Gasteiger partial charge in [0.15, 0.2) is 17.1 Å². The van der Waals surface area contributed by atoms with Crippen LogP contribution in [0.3, 0.4) is 0 Å². The van der Waals surface area contributed by atoms with Gasteiger partial charge < -0.3 is 24.8 Å². The summed E-state index contributed by atoms with van der Waals surface area (Å²) in [6, 6.07) is 22.9. The van der Waals surface area contributed by atoms with Gasteiger partial charge in [0.25, 0.3) is 11.5 Å². The van der Waals surface area contributed by atoms with Gasteiger partial charge in [-0.3, -0.25) is 19.4 Å². The Hall–Kier alpha value is -4.86. The molecule has 4 aromatic rings. The molecule has 0 spiro atoms. The van der Waals surface area contributed by atoms with E-state index in [9.17, 15) is 14.4 Å². The number of hydrogen-bond acceptors (Lipinski definition) is 8. The van der Waals surface area contributed by atoms with Crippen LogP contribution in [0.4, 0.5) is 5.95 Å². The van der Waals surface area contributed by atoms with Crippen LogP contribution >= 0.6 is 0 Å². The highest BCUT2D eigenvalue weighted by Crippen LogP contribution is 2.46. The van der Waals surface area contributed by atoms with Crippen molar-refractivity contribution < 1.29 is 23.8 Å². The Morgan fingerprint density at radius 1 is 0.935 bits per heavy atom. The summed E-state index contributed by atoms with van der Waals surface area (Å²) < 4.78 is 17.2. The predicted octanol–water partition coefficient (Wildman–Crippen LogP) is 4.89. The molecule has 10 heteroatoms. The molecule has 2 fully saturated rings. The van der Waals surface area contributed by atoms with Crippen molar-refractivity contribution >= 4 is 28.7 Å². The molecule has 3 aromatic carbocycles. The third-order valence-corrected chi connectivity index (χ3v) is 9.78. The van der Waals surface area contributed by atoms with Crippen molar-refractivity contribution in [2.24, 2.45) is 11.1 Å². The SMILES string of the molecule is COc1cc2nc(N3CCC(Cc4ccccc4)(C(=O)OC4(C(N)=O)CCCCC4c4ccccc4)CC3)[nH]c(=O)c2cc1OC. The summed E-state index contributed by atoms with van der Waals surface area (Å²) in [4.78, 5) is 50.6. The summed E-state index contributed by atoms with van der Waals surface area (Å²) in [5, 5.41) is 0.387. The monoisotopic (exact) mass is 624 g/mol. The fourth-order valence-electron chi connectivity index (χ4n) is 7.20. The largest absolute Gasteiger partial charge is 0.493 e. The maximum atomic E-state index is 14.5. The number of hydrogen-bond donors (Lipinski definition) is 2. The first kappa shape index (κ1) is 31.1. The van der Waals surface area contributed by atoms with Gasteiger partial charge in [0.2, 0.25) is 5.95 Å². The highest BCUT2D eigenvalue weighted by Gasteiger charge is 2.53. The van der Waals surface area contributed by atoms with Gasteiger partial charge in [-0.1, -0.05) is 67.1 Å². The smallest absolute Gasteiger partial charge is 0.313 e. The topological polar surface area (TPSA) is 137 Å². The number of carbonyl (C=O) groups is 2. The molecule has 10 nitrogen and oxygen atoms in total. The highest BCUT2D eigenvalue weighted by molar-refractivity contribution is 5.89. The molecule has 6 rings (SSSR count). The number of esters is 1. The molecule has 1 aliphatic heterocycles. The third-order valence-electron chi connectivity index (χ3n) is 9.78. The van der Waals surface area contributed by atoms with Crippen molar-refractivity contribution in [1.29, 1.82) is 0 Å². The Balaban J connectivity index is 1.31. The minimum atomic E-state index is -1.43. The number of rotatable bonds is 9. The summed E-state index contributed by atoms with van der Waals surface area (Å²) in [5.41, 5.74) is 5.91. The van der Waals surface area contributed by atoms with E-state index in [4.69, 9.17) is 24.9 Å². The maximum absolute atomic E-state index is 14.5. The summed E-state index contributed by atoms with van der Waals surface area (Å²) >= 11 is 0. The lowest BCUT2D eigenvalue weighted by atomic mass is 9.70. The minimum Gasteiger partial charge on any atom is -0.493 e. The lowest BCUT2D eigenvalue weighted by Crippen LogP contribution is -2.57. The number of aromatic amines is 1. The van der Waals surface area contributed by atoms with Crippen molar-refractivity contribution in [1.82, 2.24) is 9.97 Å². The van der Waals surface area contributed by atoms with Crippen LogP contribution in [-0.4, -0.2) is 54.8 Å². The molecule has 3 N–H and O–H groups in total. The van der Waals surface area contributed by atoms with Crippen molar-refractivity contribution in [3.63, 3.8) is 0 Å². The number of amides is 1. The Bertz CT molecular complexity index is 1770. The Labute approximate surface area is 267 Å². The van der Waals surface area contributed by atoms with E-state index in [0.717, 1.165) is 24.0 Å². The zero-order chi connectivity index (χ0) is 32.3. The zero-order valence-corrected chi connectivity index (χ0v) is 26.3. The standard InChI is InChI=1S/C36H40N4O6/c1-44-29-21-26-28(22-30(29)45-2)38-34(39-31(26)41)40-19-17-35(18-20-40,23-24-11-5-3-6-12-24)33(43)46-36(32(37)42)16-10-9-15-27(36)25-13-7-4-8-14-25/h3-8,11-14,21-22,27H,9-10,15-20,23H2,1-2H3,(H2,37,42)(H,38,39,41). The lowest BCUT2D eigenvalue weighted by Gasteiger charge is -2.45. The van der Waals surface area contributed by atoms with E-state index in [1.807, 2.05) is 65.6 Å². The molecule has 240 valence electrons. The number of H-pyrrole nitrogens is 1. The molecule has 2 unspecified atom stereocenters. The number of primary amides is 1. The van der Waals surface area contributed by atoms with Gasteiger partial charge in [0.1, 0.15) is 0 Å². The van der Waals surface area contributed by atoms with Gasteiger partial charge in [-0.15, -0.1) is 0 Å². The number of piperidine rings is 1. The first-order valence-electron chi connectivity index (χ1n) is 15.8. The normalized spacial score (nSPS) is 21.0. The van der Waals surface area contributed by atoms with Crippen LogP contribution in [0.1, 0.15) is 55.6 Å². The molecule has 1 aliphatic carbocycles. The van der Waals surface area contributed by atoms with Gasteiger partial charge in [0.05, 0.1) is 30.5 Å². The summed E-state index contributed by atoms with van der Waals surface area (Å²) in [5.74, 6) is -0.00143. The number of nitrogens with one attached hydrogen (secondary N) is 1. The molecule has 2 atom stereocenters. The van der Waals surface area contributed by atoms with Gasteiger partial charge in [-0.25, -0.2) is 4.98 Å². The molecule has 1 aromatic heterocycles. The summed E-state index contributed by atoms with van der Waals surface area (Å²) in [7, 11) is 3.05. The van der Waals surface area contributed by atoms with Crippen molar-refractivity contribution in [2.75, 3.05) is 32.2 Å². The Morgan fingerprint density at radius 3 is 2.24 bits per heavy atom. The number of benzene rings is 3. The van der Waals surface area contributed by atoms with E-state index in [-0.39, 0.29) is 11.5 Å². The number of ether oxygens (including phenoxy) is 3. The number of anilines is 1.